The molecule has 1 heterocycles. The van der Waals surface area contributed by atoms with Crippen LogP contribution in [-0.4, -0.2) is 39.1 Å². The van der Waals surface area contributed by atoms with Gasteiger partial charge in [-0.1, -0.05) is 18.2 Å². The first-order valence-electron chi connectivity index (χ1n) is 7.85. The van der Waals surface area contributed by atoms with Gasteiger partial charge < -0.3 is 20.9 Å². The van der Waals surface area contributed by atoms with Crippen LogP contribution in [0.4, 0.5) is 17.1 Å². The minimum Gasteiger partial charge on any atom is -0.397 e. The fourth-order valence-electron chi connectivity index (χ4n) is 2.97. The highest BCUT2D eigenvalue weighted by Crippen LogP contribution is 2.26. The Labute approximate surface area is 136 Å². The van der Waals surface area contributed by atoms with E-state index in [1.165, 1.54) is 5.69 Å². The van der Waals surface area contributed by atoms with Gasteiger partial charge in [0.15, 0.2) is 0 Å². The number of para-hydroxylation sites is 1. The van der Waals surface area contributed by atoms with Crippen LogP contribution in [0.15, 0.2) is 48.5 Å². The number of amides is 1. The van der Waals surface area contributed by atoms with Crippen molar-refractivity contribution < 1.29 is 4.79 Å². The van der Waals surface area contributed by atoms with E-state index in [1.807, 2.05) is 18.2 Å². The summed E-state index contributed by atoms with van der Waals surface area (Å²) >= 11 is 0. The van der Waals surface area contributed by atoms with E-state index < -0.39 is 0 Å². The van der Waals surface area contributed by atoms with Gasteiger partial charge >= 0.3 is 0 Å². The summed E-state index contributed by atoms with van der Waals surface area (Å²) in [5.41, 5.74) is 9.67. The van der Waals surface area contributed by atoms with Gasteiger partial charge in [-0.15, -0.1) is 0 Å². The van der Waals surface area contributed by atoms with E-state index >= 15 is 0 Å². The second kappa shape index (κ2) is 6.60. The quantitative estimate of drug-likeness (QED) is 0.851. The van der Waals surface area contributed by atoms with Crippen LogP contribution in [0.2, 0.25) is 0 Å². The van der Waals surface area contributed by atoms with E-state index in [-0.39, 0.29) is 5.91 Å². The number of carbonyl (C=O) groups excluding carboxylic acids is 1. The molecule has 0 atom stereocenters. The lowest BCUT2D eigenvalue weighted by molar-refractivity contribution is 0.0963. The van der Waals surface area contributed by atoms with Gasteiger partial charge in [-0.3, -0.25) is 4.79 Å². The molecule has 2 aromatic carbocycles. The van der Waals surface area contributed by atoms with E-state index in [1.54, 1.807) is 13.1 Å². The van der Waals surface area contributed by atoms with Gasteiger partial charge in [0.1, 0.15) is 0 Å². The SMILES string of the molecule is CNC(=O)c1ccc(N2CCN(c3ccccc3)CC2)c(N)c1. The lowest BCUT2D eigenvalue weighted by atomic mass is 10.1. The molecule has 23 heavy (non-hydrogen) atoms. The number of benzene rings is 2. The molecule has 5 nitrogen and oxygen atoms in total. The predicted molar refractivity (Wildman–Crippen MR) is 95.1 cm³/mol. The summed E-state index contributed by atoms with van der Waals surface area (Å²) in [6.07, 6.45) is 0. The molecule has 1 amide bonds. The van der Waals surface area contributed by atoms with Crippen molar-refractivity contribution in [2.45, 2.75) is 0 Å². The summed E-state index contributed by atoms with van der Waals surface area (Å²) in [6, 6.07) is 16.0. The largest absolute Gasteiger partial charge is 0.397 e. The molecule has 1 fully saturated rings. The van der Waals surface area contributed by atoms with Crippen LogP contribution in [0.1, 0.15) is 10.4 Å². The Morgan fingerprint density at radius 2 is 1.65 bits per heavy atom. The van der Waals surface area contributed by atoms with Gasteiger partial charge in [-0.2, -0.15) is 0 Å². The Balaban J connectivity index is 1.69. The number of rotatable bonds is 3. The van der Waals surface area contributed by atoms with Crippen molar-refractivity contribution in [2.75, 3.05) is 48.8 Å². The molecule has 0 bridgehead atoms. The number of nitrogens with zero attached hydrogens (tertiary/aromatic N) is 2. The number of anilines is 3. The van der Waals surface area contributed by atoms with Gasteiger partial charge in [0.25, 0.3) is 5.91 Å². The Bertz CT molecular complexity index is 679. The van der Waals surface area contributed by atoms with Gasteiger partial charge in [0.05, 0.1) is 11.4 Å². The maximum Gasteiger partial charge on any atom is 0.251 e. The Morgan fingerprint density at radius 3 is 2.26 bits per heavy atom. The summed E-state index contributed by atoms with van der Waals surface area (Å²) in [7, 11) is 1.62. The molecule has 0 spiro atoms. The summed E-state index contributed by atoms with van der Waals surface area (Å²) in [5.74, 6) is -0.114. The van der Waals surface area contributed by atoms with Crippen LogP contribution in [0.3, 0.4) is 0 Å². The molecule has 0 saturated carbocycles. The molecule has 0 unspecified atom stereocenters. The topological polar surface area (TPSA) is 61.6 Å². The Hall–Kier alpha value is -2.69. The predicted octanol–water partition coefficient (Wildman–Crippen LogP) is 1.96. The van der Waals surface area contributed by atoms with Crippen molar-refractivity contribution in [1.29, 1.82) is 0 Å². The number of hydrogen-bond donors (Lipinski definition) is 2. The number of hydrogen-bond acceptors (Lipinski definition) is 4. The van der Waals surface area contributed by atoms with Crippen molar-refractivity contribution >= 4 is 23.0 Å². The molecular formula is C18H22N4O. The maximum atomic E-state index is 11.7. The normalized spacial score (nSPS) is 14.7. The summed E-state index contributed by atoms with van der Waals surface area (Å²) in [4.78, 5) is 16.3. The molecule has 0 aromatic heterocycles. The number of carbonyl (C=O) groups is 1. The minimum absolute atomic E-state index is 0.114. The molecule has 1 aliphatic heterocycles. The fraction of sp³-hybridized carbons (Fsp3) is 0.278. The van der Waals surface area contributed by atoms with Gasteiger partial charge in [0.2, 0.25) is 0 Å². The molecule has 0 aliphatic carbocycles. The van der Waals surface area contributed by atoms with E-state index in [0.717, 1.165) is 31.9 Å². The van der Waals surface area contributed by atoms with Crippen molar-refractivity contribution in [2.24, 2.45) is 0 Å². The first kappa shape index (κ1) is 15.2. The zero-order chi connectivity index (χ0) is 16.2. The second-order valence-corrected chi connectivity index (χ2v) is 5.66. The minimum atomic E-state index is -0.114. The third kappa shape index (κ3) is 3.23. The van der Waals surface area contributed by atoms with Crippen molar-refractivity contribution in [3.63, 3.8) is 0 Å². The first-order valence-corrected chi connectivity index (χ1v) is 7.85. The van der Waals surface area contributed by atoms with Crippen LogP contribution >= 0.6 is 0 Å². The highest BCUT2D eigenvalue weighted by atomic mass is 16.1. The van der Waals surface area contributed by atoms with E-state index in [0.29, 0.717) is 11.3 Å². The fourth-order valence-corrected chi connectivity index (χ4v) is 2.97. The number of nitrogen functional groups attached to an aromatic ring is 1. The van der Waals surface area contributed by atoms with Crippen molar-refractivity contribution in [3.05, 3.63) is 54.1 Å². The average molecular weight is 310 g/mol. The lowest BCUT2D eigenvalue weighted by Gasteiger charge is -2.37. The van der Waals surface area contributed by atoms with E-state index in [4.69, 9.17) is 5.73 Å². The van der Waals surface area contributed by atoms with Crippen LogP contribution in [-0.2, 0) is 0 Å². The molecule has 2 aromatic rings. The summed E-state index contributed by atoms with van der Waals surface area (Å²) < 4.78 is 0. The van der Waals surface area contributed by atoms with Crippen molar-refractivity contribution in [3.8, 4) is 0 Å². The number of nitrogens with one attached hydrogen (secondary N) is 1. The van der Waals surface area contributed by atoms with Crippen molar-refractivity contribution in [1.82, 2.24) is 5.32 Å². The smallest absolute Gasteiger partial charge is 0.251 e. The van der Waals surface area contributed by atoms with E-state index in [2.05, 4.69) is 39.4 Å². The summed E-state index contributed by atoms with van der Waals surface area (Å²) in [5, 5.41) is 2.62. The van der Waals surface area contributed by atoms with Crippen LogP contribution in [0.5, 0.6) is 0 Å². The molecule has 3 N–H and O–H groups in total. The monoisotopic (exact) mass is 310 g/mol. The molecule has 120 valence electrons. The number of nitrogens with two attached hydrogens (primary N) is 1. The van der Waals surface area contributed by atoms with Crippen LogP contribution < -0.4 is 20.9 Å². The Kier molecular flexibility index (Phi) is 4.37. The van der Waals surface area contributed by atoms with Gasteiger partial charge in [-0.05, 0) is 30.3 Å². The zero-order valence-corrected chi connectivity index (χ0v) is 13.3. The van der Waals surface area contributed by atoms with Gasteiger partial charge in [-0.25, -0.2) is 0 Å². The zero-order valence-electron chi connectivity index (χ0n) is 13.3. The van der Waals surface area contributed by atoms with Crippen LogP contribution in [0, 0.1) is 0 Å². The highest BCUT2D eigenvalue weighted by molar-refractivity contribution is 5.96. The van der Waals surface area contributed by atoms with E-state index in [9.17, 15) is 4.79 Å². The standard InChI is InChI=1S/C18H22N4O/c1-20-18(23)14-7-8-17(16(19)13-14)22-11-9-21(10-12-22)15-5-3-2-4-6-15/h2-8,13H,9-12,19H2,1H3,(H,20,23). The maximum absolute atomic E-state index is 11.7. The molecule has 5 heteroatoms. The second-order valence-electron chi connectivity index (χ2n) is 5.66. The highest BCUT2D eigenvalue weighted by Gasteiger charge is 2.19. The molecule has 1 saturated heterocycles. The summed E-state index contributed by atoms with van der Waals surface area (Å²) in [6.45, 7) is 3.75. The molecule has 3 rings (SSSR count). The third-order valence-corrected chi connectivity index (χ3v) is 4.26. The van der Waals surface area contributed by atoms with Crippen LogP contribution in [0.25, 0.3) is 0 Å². The lowest BCUT2D eigenvalue weighted by Crippen LogP contribution is -2.46. The third-order valence-electron chi connectivity index (χ3n) is 4.26. The molecule has 0 radical (unpaired) electrons. The first-order chi connectivity index (χ1) is 11.2. The van der Waals surface area contributed by atoms with Gasteiger partial charge in [0, 0.05) is 44.5 Å². The average Bonchev–Trinajstić information content (AvgIpc) is 2.62. The Morgan fingerprint density at radius 1 is 1.00 bits per heavy atom. The number of piperazine rings is 1. The molecular weight excluding hydrogens is 288 g/mol. The molecule has 1 aliphatic rings.